The summed E-state index contributed by atoms with van der Waals surface area (Å²) in [5.74, 6) is -1.52. The van der Waals surface area contributed by atoms with Gasteiger partial charge in [-0.1, -0.05) is 30.3 Å². The minimum Gasteiger partial charge on any atom is -0.364 e. The summed E-state index contributed by atoms with van der Waals surface area (Å²) in [5.41, 5.74) is 4.77. The molecule has 0 aliphatic heterocycles. The van der Waals surface area contributed by atoms with Gasteiger partial charge in [0.2, 0.25) is 0 Å². The normalized spacial score (nSPS) is 11.1. The third-order valence-electron chi connectivity index (χ3n) is 2.88. The van der Waals surface area contributed by atoms with Gasteiger partial charge < -0.3 is 11.1 Å². The van der Waals surface area contributed by atoms with Crippen molar-refractivity contribution in [3.63, 3.8) is 0 Å². The quantitative estimate of drug-likeness (QED) is 0.459. The summed E-state index contributed by atoms with van der Waals surface area (Å²) < 4.78 is 26.7. The Kier molecular flexibility index (Phi) is 7.01. The van der Waals surface area contributed by atoms with Crippen molar-refractivity contribution in [3.8, 4) is 0 Å². The fourth-order valence-electron chi connectivity index (χ4n) is 1.73. The van der Waals surface area contributed by atoms with Gasteiger partial charge in [0.25, 0.3) is 5.91 Å². The molecule has 0 saturated carbocycles. The summed E-state index contributed by atoms with van der Waals surface area (Å²) in [6.07, 6.45) is 4.40. The number of hydrogen-bond acceptors (Lipinski definition) is 2. The maximum Gasteiger partial charge on any atom is 0.354 e. The number of unbranched alkanes of at least 4 members (excludes halogenated alkanes) is 3. The molecule has 5 nitrogen and oxygen atoms in total. The van der Waals surface area contributed by atoms with Crippen LogP contribution in [0.4, 0.5) is 19.4 Å². The molecule has 0 aliphatic rings. The van der Waals surface area contributed by atoms with E-state index in [1.165, 1.54) is 18.2 Å². The number of hydrogen-bond donors (Lipinski definition) is 2. The molecule has 1 aromatic rings. The Labute approximate surface area is 127 Å². The summed E-state index contributed by atoms with van der Waals surface area (Å²) in [6, 6.07) is 3.61. The number of rotatable bonds is 7. The first-order valence-corrected chi connectivity index (χ1v) is 6.98. The minimum atomic E-state index is -1.17. The first-order chi connectivity index (χ1) is 10.5. The lowest BCUT2D eigenvalue weighted by Gasteiger charge is -2.14. The molecule has 0 heterocycles. The zero-order valence-electron chi connectivity index (χ0n) is 12.3. The Morgan fingerprint density at radius 2 is 1.91 bits per heavy atom. The number of nitrogens with zero attached hydrogens (tertiary/aromatic N) is 1. The van der Waals surface area contributed by atoms with Gasteiger partial charge >= 0.3 is 6.03 Å². The van der Waals surface area contributed by atoms with Gasteiger partial charge in [0, 0.05) is 5.69 Å². The van der Waals surface area contributed by atoms with Crippen LogP contribution in [0, 0.1) is 5.82 Å². The number of halogens is 2. The number of anilines is 1. The molecule has 0 radical (unpaired) electrons. The molecule has 0 saturated heterocycles. The van der Waals surface area contributed by atoms with Gasteiger partial charge in [-0.2, -0.15) is 0 Å². The van der Waals surface area contributed by atoms with Crippen LogP contribution in [0.5, 0.6) is 0 Å². The van der Waals surface area contributed by atoms with Crippen LogP contribution in [-0.2, 0) is 4.79 Å². The Balaban J connectivity index is 2.71. The summed E-state index contributed by atoms with van der Waals surface area (Å²) in [4.78, 5) is 23.0. The second kappa shape index (κ2) is 8.76. The number of nitrogens with one attached hydrogen (secondary N) is 1. The third kappa shape index (κ3) is 5.51. The number of allylic oxidation sites excluding steroid dienone is 1. The molecule has 0 aromatic heterocycles. The summed E-state index contributed by atoms with van der Waals surface area (Å²) in [6.45, 7) is 2.01. The van der Waals surface area contributed by atoms with Gasteiger partial charge in [0.05, 0.1) is 0 Å². The van der Waals surface area contributed by atoms with Crippen LogP contribution in [-0.4, -0.2) is 17.1 Å². The van der Waals surface area contributed by atoms with E-state index in [0.29, 0.717) is 6.42 Å². The molecule has 0 spiro atoms. The maximum absolute atomic E-state index is 14.0. The Hall–Kier alpha value is -2.44. The number of nitrogens with two attached hydrogens (primary N) is 1. The minimum absolute atomic E-state index is 0.198. The molecule has 22 heavy (non-hydrogen) atoms. The second-order valence-corrected chi connectivity index (χ2v) is 4.67. The monoisotopic (exact) mass is 311 g/mol. The van der Waals surface area contributed by atoms with Crippen molar-refractivity contribution in [1.29, 1.82) is 0 Å². The number of carbonyl (C=O) groups is 2. The molecule has 0 unspecified atom stereocenters. The van der Waals surface area contributed by atoms with Gasteiger partial charge in [-0.15, -0.1) is 5.12 Å². The van der Waals surface area contributed by atoms with Gasteiger partial charge in [-0.3, -0.25) is 4.79 Å². The van der Waals surface area contributed by atoms with E-state index in [1.54, 1.807) is 0 Å². The zero-order chi connectivity index (χ0) is 16.5. The van der Waals surface area contributed by atoms with E-state index in [-0.39, 0.29) is 10.8 Å². The second-order valence-electron chi connectivity index (χ2n) is 4.67. The molecular weight excluding hydrogens is 292 g/mol. The number of carbonyl (C=O) groups excluding carboxylic acids is 2. The molecular formula is C15H19F2N3O2. The highest BCUT2D eigenvalue weighted by Crippen LogP contribution is 2.13. The van der Waals surface area contributed by atoms with Crippen LogP contribution in [0.2, 0.25) is 0 Å². The molecule has 1 rings (SSSR count). The molecule has 1 aromatic carbocycles. The van der Waals surface area contributed by atoms with E-state index in [0.717, 1.165) is 31.4 Å². The van der Waals surface area contributed by atoms with Crippen molar-refractivity contribution in [3.05, 3.63) is 41.9 Å². The Morgan fingerprint density at radius 1 is 1.27 bits per heavy atom. The number of primary amides is 1. The van der Waals surface area contributed by atoms with E-state index >= 15 is 0 Å². The molecule has 120 valence electrons. The molecule has 0 atom stereocenters. The number of urea groups is 1. The van der Waals surface area contributed by atoms with Crippen LogP contribution in [0.25, 0.3) is 0 Å². The van der Waals surface area contributed by atoms with Crippen molar-refractivity contribution in [2.24, 2.45) is 5.73 Å². The molecule has 0 aliphatic carbocycles. The van der Waals surface area contributed by atoms with Gasteiger partial charge in [0.1, 0.15) is 11.5 Å². The van der Waals surface area contributed by atoms with Crippen LogP contribution in [0.3, 0.4) is 0 Å². The average Bonchev–Trinajstić information content (AvgIpc) is 2.48. The van der Waals surface area contributed by atoms with Crippen LogP contribution in [0.1, 0.15) is 32.6 Å². The van der Waals surface area contributed by atoms with Crippen LogP contribution in [0.15, 0.2) is 36.0 Å². The summed E-state index contributed by atoms with van der Waals surface area (Å²) >= 11 is 0. The van der Waals surface area contributed by atoms with Crippen molar-refractivity contribution >= 4 is 17.6 Å². The fraction of sp³-hybridized carbons (Fsp3) is 0.333. The first kappa shape index (κ1) is 17.6. The van der Waals surface area contributed by atoms with Crippen molar-refractivity contribution in [2.75, 3.05) is 5.32 Å². The summed E-state index contributed by atoms with van der Waals surface area (Å²) in [5, 5.41) is 1.87. The number of benzene rings is 1. The van der Waals surface area contributed by atoms with E-state index in [4.69, 9.17) is 5.73 Å². The highest BCUT2D eigenvalue weighted by molar-refractivity contribution is 5.98. The van der Waals surface area contributed by atoms with Gasteiger partial charge in [-0.25, -0.2) is 9.18 Å². The first-order valence-electron chi connectivity index (χ1n) is 6.98. The third-order valence-corrected chi connectivity index (χ3v) is 2.88. The number of amides is 3. The Bertz CT molecular complexity index is 544. The highest BCUT2D eigenvalue weighted by Gasteiger charge is 2.22. The molecule has 0 bridgehead atoms. The lowest BCUT2D eigenvalue weighted by atomic mass is 10.2. The Morgan fingerprint density at radius 3 is 2.45 bits per heavy atom. The fourth-order valence-corrected chi connectivity index (χ4v) is 1.73. The topological polar surface area (TPSA) is 75.4 Å². The standard InChI is InChI=1S/C15H19F2N3O2/c1-2-3-4-5-6-13(14(18)21)20(17)15(22)19-12-9-7-11(16)8-10-12/h6-10H,2-5H2,1H3,(H2,18,21)(H,19,22)/b13-6-. The lowest BCUT2D eigenvalue weighted by Crippen LogP contribution is -2.33. The molecule has 0 fully saturated rings. The SMILES string of the molecule is CCCCC/C=C(/C(N)=O)N(F)C(=O)Nc1ccc(F)cc1. The van der Waals surface area contributed by atoms with E-state index in [2.05, 4.69) is 5.32 Å². The highest BCUT2D eigenvalue weighted by atomic mass is 19.2. The predicted octanol–water partition coefficient (Wildman–Crippen LogP) is 3.49. The van der Waals surface area contributed by atoms with E-state index in [9.17, 15) is 18.5 Å². The molecule has 7 heteroatoms. The van der Waals surface area contributed by atoms with Gasteiger partial charge in [-0.05, 0) is 37.1 Å². The van der Waals surface area contributed by atoms with Crippen molar-refractivity contribution < 1.29 is 18.5 Å². The molecule has 3 N–H and O–H groups in total. The predicted molar refractivity (Wildman–Crippen MR) is 79.8 cm³/mol. The molecule has 3 amide bonds. The zero-order valence-corrected chi connectivity index (χ0v) is 12.3. The van der Waals surface area contributed by atoms with E-state index in [1.807, 2.05) is 6.92 Å². The lowest BCUT2D eigenvalue weighted by molar-refractivity contribution is -0.117. The van der Waals surface area contributed by atoms with Crippen LogP contribution < -0.4 is 11.1 Å². The average molecular weight is 311 g/mol. The van der Waals surface area contributed by atoms with Crippen molar-refractivity contribution in [2.45, 2.75) is 32.6 Å². The maximum atomic E-state index is 14.0. The van der Waals surface area contributed by atoms with E-state index < -0.39 is 23.5 Å². The smallest absolute Gasteiger partial charge is 0.354 e. The van der Waals surface area contributed by atoms with Crippen LogP contribution >= 0.6 is 0 Å². The largest absolute Gasteiger partial charge is 0.364 e. The van der Waals surface area contributed by atoms with Gasteiger partial charge in [0.15, 0.2) is 0 Å². The summed E-state index contributed by atoms with van der Waals surface area (Å²) in [7, 11) is 0. The van der Waals surface area contributed by atoms with Crippen molar-refractivity contribution in [1.82, 2.24) is 5.12 Å².